The van der Waals surface area contributed by atoms with Crippen LogP contribution in [0.3, 0.4) is 0 Å². The Bertz CT molecular complexity index is 571. The second kappa shape index (κ2) is 6.74. The van der Waals surface area contributed by atoms with Crippen LogP contribution < -0.4 is 11.1 Å². The van der Waals surface area contributed by atoms with Crippen LogP contribution in [0.5, 0.6) is 0 Å². The smallest absolute Gasteiger partial charge is 0.236 e. The van der Waals surface area contributed by atoms with Crippen molar-refractivity contribution >= 4 is 50.0 Å². The quantitative estimate of drug-likeness (QED) is 0.631. The van der Waals surface area contributed by atoms with E-state index in [0.29, 0.717) is 23.2 Å². The van der Waals surface area contributed by atoms with Gasteiger partial charge < -0.3 is 15.8 Å². The number of hydrogen-bond donors (Lipinski definition) is 2. The van der Waals surface area contributed by atoms with E-state index in [1.54, 1.807) is 13.2 Å². The van der Waals surface area contributed by atoms with Crippen molar-refractivity contribution in [1.82, 2.24) is 4.98 Å². The number of thiazole rings is 1. The minimum absolute atomic E-state index is 0.0480. The molecule has 2 rings (SSSR count). The Kier molecular flexibility index (Phi) is 5.00. The van der Waals surface area contributed by atoms with Crippen molar-refractivity contribution in [2.75, 3.05) is 36.3 Å². The van der Waals surface area contributed by atoms with Crippen LogP contribution in [0.15, 0.2) is 18.2 Å². The van der Waals surface area contributed by atoms with E-state index in [-0.39, 0.29) is 5.91 Å². The van der Waals surface area contributed by atoms with E-state index in [9.17, 15) is 4.79 Å². The van der Waals surface area contributed by atoms with Crippen molar-refractivity contribution < 1.29 is 9.53 Å². The fourth-order valence-corrected chi connectivity index (χ4v) is 3.07. The summed E-state index contributed by atoms with van der Waals surface area (Å²) >= 11 is 2.96. The molecule has 0 unspecified atom stereocenters. The first-order valence-electron chi connectivity index (χ1n) is 5.71. The zero-order chi connectivity index (χ0) is 13.7. The van der Waals surface area contributed by atoms with Gasteiger partial charge in [0.2, 0.25) is 5.91 Å². The summed E-state index contributed by atoms with van der Waals surface area (Å²) in [5.41, 5.74) is 7.25. The number of aromatic nitrogens is 1. The Morgan fingerprint density at radius 1 is 1.58 bits per heavy atom. The summed E-state index contributed by atoms with van der Waals surface area (Å²) in [5, 5.41) is 3.40. The molecule has 1 amide bonds. The van der Waals surface area contributed by atoms with E-state index in [0.717, 1.165) is 16.0 Å². The molecule has 1 aromatic heterocycles. The number of benzene rings is 1. The molecule has 0 fully saturated rings. The molecule has 0 atom stereocenters. The largest absolute Gasteiger partial charge is 0.399 e. The van der Waals surface area contributed by atoms with Gasteiger partial charge in [0.25, 0.3) is 0 Å². The Morgan fingerprint density at radius 2 is 2.42 bits per heavy atom. The maximum Gasteiger partial charge on any atom is 0.236 e. The zero-order valence-corrected chi connectivity index (χ0v) is 12.1. The van der Waals surface area contributed by atoms with Gasteiger partial charge in [0, 0.05) is 18.6 Å². The van der Waals surface area contributed by atoms with Gasteiger partial charge in [-0.1, -0.05) is 11.3 Å². The van der Waals surface area contributed by atoms with Gasteiger partial charge in [-0.3, -0.25) is 4.79 Å². The van der Waals surface area contributed by atoms with Gasteiger partial charge in [-0.25, -0.2) is 4.98 Å². The van der Waals surface area contributed by atoms with Crippen LogP contribution in [0.4, 0.5) is 10.8 Å². The van der Waals surface area contributed by atoms with E-state index in [4.69, 9.17) is 10.5 Å². The molecule has 0 bridgehead atoms. The third kappa shape index (κ3) is 4.09. The van der Waals surface area contributed by atoms with Crippen molar-refractivity contribution in [2.24, 2.45) is 0 Å². The highest BCUT2D eigenvalue weighted by Gasteiger charge is 2.08. The van der Waals surface area contributed by atoms with Gasteiger partial charge in [-0.15, -0.1) is 11.8 Å². The van der Waals surface area contributed by atoms with Gasteiger partial charge >= 0.3 is 0 Å². The molecular formula is C12H15N3O2S2. The van der Waals surface area contributed by atoms with E-state index in [1.807, 2.05) is 12.1 Å². The van der Waals surface area contributed by atoms with Crippen LogP contribution in [0.1, 0.15) is 0 Å². The highest BCUT2D eigenvalue weighted by atomic mass is 32.2. The summed E-state index contributed by atoms with van der Waals surface area (Å²) in [5.74, 6) is 1.16. The molecule has 0 radical (unpaired) electrons. The molecule has 102 valence electrons. The standard InChI is InChI=1S/C12H15N3O2S2/c1-17-4-5-18-7-11(16)15-12-14-9-3-2-8(13)6-10(9)19-12/h2-3,6H,4-5,7,13H2,1H3,(H,14,15,16). The number of rotatable bonds is 6. The molecule has 19 heavy (non-hydrogen) atoms. The average Bonchev–Trinajstić information content (AvgIpc) is 2.76. The molecule has 0 aliphatic carbocycles. The molecule has 5 nitrogen and oxygen atoms in total. The van der Waals surface area contributed by atoms with Crippen molar-refractivity contribution in [1.29, 1.82) is 0 Å². The molecule has 0 aliphatic heterocycles. The number of nitrogen functional groups attached to an aromatic ring is 1. The maximum atomic E-state index is 11.7. The second-order valence-corrected chi connectivity index (χ2v) is 5.98. The fraction of sp³-hybridized carbons (Fsp3) is 0.333. The first-order valence-corrected chi connectivity index (χ1v) is 7.69. The number of nitrogens with one attached hydrogen (secondary N) is 1. The number of carbonyl (C=O) groups excluding carboxylic acids is 1. The summed E-state index contributed by atoms with van der Waals surface area (Å²) < 4.78 is 5.89. The Hall–Kier alpha value is -1.31. The first-order chi connectivity index (χ1) is 9.19. The van der Waals surface area contributed by atoms with E-state index < -0.39 is 0 Å². The Labute approximate surface area is 119 Å². The molecule has 1 aromatic carbocycles. The van der Waals surface area contributed by atoms with Gasteiger partial charge in [0.1, 0.15) is 0 Å². The van der Waals surface area contributed by atoms with Crippen LogP contribution in [0, 0.1) is 0 Å². The summed E-state index contributed by atoms with van der Waals surface area (Å²) in [4.78, 5) is 16.0. The molecule has 0 saturated heterocycles. The highest BCUT2D eigenvalue weighted by molar-refractivity contribution is 7.99. The van der Waals surface area contributed by atoms with Crippen LogP contribution in [-0.4, -0.2) is 36.1 Å². The zero-order valence-electron chi connectivity index (χ0n) is 10.5. The lowest BCUT2D eigenvalue weighted by molar-refractivity contribution is -0.113. The second-order valence-electron chi connectivity index (χ2n) is 3.84. The molecular weight excluding hydrogens is 282 g/mol. The molecule has 7 heteroatoms. The lowest BCUT2D eigenvalue weighted by Crippen LogP contribution is -2.14. The predicted octanol–water partition coefficient (Wildman–Crippen LogP) is 2.20. The molecule has 0 aliphatic rings. The number of nitrogens with zero attached hydrogens (tertiary/aromatic N) is 1. The Morgan fingerprint density at radius 3 is 3.21 bits per heavy atom. The lowest BCUT2D eigenvalue weighted by atomic mass is 10.3. The van der Waals surface area contributed by atoms with E-state index in [1.165, 1.54) is 23.1 Å². The van der Waals surface area contributed by atoms with Crippen molar-refractivity contribution in [3.05, 3.63) is 18.2 Å². The number of thioether (sulfide) groups is 1. The Balaban J connectivity index is 1.91. The topological polar surface area (TPSA) is 77.2 Å². The lowest BCUT2D eigenvalue weighted by Gasteiger charge is -2.01. The van der Waals surface area contributed by atoms with Gasteiger partial charge in [0.15, 0.2) is 5.13 Å². The van der Waals surface area contributed by atoms with E-state index in [2.05, 4.69) is 10.3 Å². The maximum absolute atomic E-state index is 11.7. The molecule has 0 spiro atoms. The summed E-state index contributed by atoms with van der Waals surface area (Å²) in [6.45, 7) is 0.651. The summed E-state index contributed by atoms with van der Waals surface area (Å²) in [6, 6.07) is 5.51. The van der Waals surface area contributed by atoms with Crippen LogP contribution >= 0.6 is 23.1 Å². The van der Waals surface area contributed by atoms with Crippen molar-refractivity contribution in [3.8, 4) is 0 Å². The summed E-state index contributed by atoms with van der Waals surface area (Å²) in [7, 11) is 1.65. The van der Waals surface area contributed by atoms with Crippen molar-refractivity contribution in [2.45, 2.75) is 0 Å². The first kappa shape index (κ1) is 14.1. The van der Waals surface area contributed by atoms with Gasteiger partial charge in [0.05, 0.1) is 22.6 Å². The molecule has 3 N–H and O–H groups in total. The third-order valence-corrected chi connectivity index (χ3v) is 4.18. The average molecular weight is 297 g/mol. The molecule has 2 aromatic rings. The van der Waals surface area contributed by atoms with Crippen LogP contribution in [0.25, 0.3) is 10.2 Å². The molecule has 0 saturated carbocycles. The van der Waals surface area contributed by atoms with Gasteiger partial charge in [-0.2, -0.15) is 0 Å². The van der Waals surface area contributed by atoms with Crippen molar-refractivity contribution in [3.63, 3.8) is 0 Å². The minimum atomic E-state index is -0.0480. The number of ether oxygens (including phenoxy) is 1. The number of amides is 1. The normalized spacial score (nSPS) is 10.8. The van der Waals surface area contributed by atoms with Crippen LogP contribution in [0.2, 0.25) is 0 Å². The highest BCUT2D eigenvalue weighted by Crippen LogP contribution is 2.27. The predicted molar refractivity (Wildman–Crippen MR) is 81.9 cm³/mol. The number of nitrogens with two attached hydrogens (primary N) is 1. The third-order valence-electron chi connectivity index (χ3n) is 2.32. The summed E-state index contributed by atoms with van der Waals surface area (Å²) in [6.07, 6.45) is 0. The number of anilines is 2. The van der Waals surface area contributed by atoms with E-state index >= 15 is 0 Å². The van der Waals surface area contributed by atoms with Gasteiger partial charge in [-0.05, 0) is 18.2 Å². The molecule has 1 heterocycles. The minimum Gasteiger partial charge on any atom is -0.399 e. The number of carbonyl (C=O) groups is 1. The number of hydrogen-bond acceptors (Lipinski definition) is 6. The number of methoxy groups -OCH3 is 1. The van der Waals surface area contributed by atoms with Crippen LogP contribution in [-0.2, 0) is 9.53 Å². The fourth-order valence-electron chi connectivity index (χ4n) is 1.46. The number of fused-ring (bicyclic) bond motifs is 1. The monoisotopic (exact) mass is 297 g/mol. The SMILES string of the molecule is COCCSCC(=O)Nc1nc2ccc(N)cc2s1.